The fourth-order valence-corrected chi connectivity index (χ4v) is 6.16. The molecule has 1 aromatic carbocycles. The summed E-state index contributed by atoms with van der Waals surface area (Å²) in [4.78, 5) is 55.5. The third-order valence-electron chi connectivity index (χ3n) is 9.43. The molecule has 2 rings (SSSR count). The number of nitrogens with zero attached hydrogens (tertiary/aromatic N) is 2. The number of unbranched alkanes of at least 4 members (excludes halogenated alkanes) is 1. The smallest absolute Gasteiger partial charge is 0.407 e. The average molecular weight is 688 g/mol. The van der Waals surface area contributed by atoms with Crippen molar-refractivity contribution in [2.75, 3.05) is 45.8 Å². The highest BCUT2D eigenvalue weighted by molar-refractivity contribution is 5.95. The number of carbonyl (C=O) groups excluding carboxylic acids is 4. The third kappa shape index (κ3) is 15.1. The largest absolute Gasteiger partial charge is 0.444 e. The summed E-state index contributed by atoms with van der Waals surface area (Å²) in [5, 5.41) is 20.6. The molecule has 1 aliphatic rings. The van der Waals surface area contributed by atoms with Gasteiger partial charge in [-0.15, -0.1) is 0 Å². The molecule has 4 atom stereocenters. The molecule has 11 heteroatoms. The molecule has 49 heavy (non-hydrogen) atoms. The van der Waals surface area contributed by atoms with Gasteiger partial charge in [-0.05, 0) is 75.8 Å². The van der Waals surface area contributed by atoms with Crippen molar-refractivity contribution in [3.8, 4) is 0 Å². The lowest BCUT2D eigenvalue weighted by atomic mass is 9.82. The minimum absolute atomic E-state index is 0.0103. The summed E-state index contributed by atoms with van der Waals surface area (Å²) in [6.07, 6.45) is 1.50. The van der Waals surface area contributed by atoms with Gasteiger partial charge in [-0.3, -0.25) is 19.3 Å². The number of carbonyl (C=O) groups is 4. The number of aliphatic hydroxyl groups is 1. The van der Waals surface area contributed by atoms with Crippen LogP contribution in [0.3, 0.4) is 0 Å². The van der Waals surface area contributed by atoms with Gasteiger partial charge in [-0.25, -0.2) is 4.79 Å². The predicted molar refractivity (Wildman–Crippen MR) is 194 cm³/mol. The summed E-state index contributed by atoms with van der Waals surface area (Å²) >= 11 is 0. The average Bonchev–Trinajstić information content (AvgIpc) is 3.02. The van der Waals surface area contributed by atoms with Gasteiger partial charge in [0.05, 0.1) is 12.1 Å². The Bertz CT molecular complexity index is 1190. The van der Waals surface area contributed by atoms with E-state index >= 15 is 0 Å². The van der Waals surface area contributed by atoms with E-state index in [1.54, 1.807) is 27.7 Å². The number of rotatable bonds is 18. The molecule has 278 valence electrons. The van der Waals surface area contributed by atoms with Gasteiger partial charge in [0.25, 0.3) is 5.91 Å². The van der Waals surface area contributed by atoms with E-state index in [9.17, 15) is 24.3 Å². The van der Waals surface area contributed by atoms with Crippen LogP contribution in [0.5, 0.6) is 0 Å². The number of hydrogen-bond donors (Lipinski definition) is 4. The lowest BCUT2D eigenvalue weighted by Crippen LogP contribution is -2.49. The molecule has 1 heterocycles. The van der Waals surface area contributed by atoms with E-state index < -0.39 is 29.8 Å². The first-order valence-corrected chi connectivity index (χ1v) is 18.3. The first-order valence-electron chi connectivity index (χ1n) is 18.3. The summed E-state index contributed by atoms with van der Waals surface area (Å²) in [6.45, 7) is 21.9. The number of amides is 4. The lowest BCUT2D eigenvalue weighted by molar-refractivity contribution is -0.130. The summed E-state index contributed by atoms with van der Waals surface area (Å²) in [6, 6.07) is 6.95. The molecule has 0 saturated carbocycles. The van der Waals surface area contributed by atoms with Crippen molar-refractivity contribution >= 4 is 23.8 Å². The van der Waals surface area contributed by atoms with E-state index in [0.717, 1.165) is 51.1 Å². The zero-order valence-corrected chi connectivity index (χ0v) is 31.6. The Kier molecular flexibility index (Phi) is 17.6. The molecule has 4 N–H and O–H groups in total. The van der Waals surface area contributed by atoms with Crippen LogP contribution in [0, 0.1) is 23.7 Å². The molecule has 11 nitrogen and oxygen atoms in total. The topological polar surface area (TPSA) is 140 Å². The van der Waals surface area contributed by atoms with Crippen LogP contribution in [0.4, 0.5) is 4.79 Å². The highest BCUT2D eigenvalue weighted by Crippen LogP contribution is 2.25. The number of hydrogen-bond acceptors (Lipinski definition) is 7. The Morgan fingerprint density at radius 3 is 2.16 bits per heavy atom. The second-order valence-corrected chi connectivity index (χ2v) is 15.3. The normalized spacial score (nSPS) is 16.5. The maximum absolute atomic E-state index is 13.6. The summed E-state index contributed by atoms with van der Waals surface area (Å²) in [7, 11) is 0. The molecular weight excluding hydrogens is 622 g/mol. The molecular formula is C38H65N5O6. The fraction of sp³-hybridized carbons (Fsp3) is 0.737. The Morgan fingerprint density at radius 2 is 1.59 bits per heavy atom. The molecule has 1 fully saturated rings. The van der Waals surface area contributed by atoms with Crippen molar-refractivity contribution < 1.29 is 29.0 Å². The van der Waals surface area contributed by atoms with E-state index in [0.29, 0.717) is 31.5 Å². The van der Waals surface area contributed by atoms with E-state index in [4.69, 9.17) is 4.74 Å². The Labute approximate surface area is 295 Å². The minimum Gasteiger partial charge on any atom is -0.444 e. The Hall–Kier alpha value is -3.18. The molecule has 1 aromatic rings. The predicted octanol–water partition coefficient (Wildman–Crippen LogP) is 4.62. The van der Waals surface area contributed by atoms with Gasteiger partial charge in [-0.2, -0.15) is 0 Å². The third-order valence-corrected chi connectivity index (χ3v) is 9.43. The van der Waals surface area contributed by atoms with Gasteiger partial charge in [0.2, 0.25) is 11.8 Å². The van der Waals surface area contributed by atoms with E-state index in [-0.39, 0.29) is 41.9 Å². The highest BCUT2D eigenvalue weighted by Gasteiger charge is 2.33. The summed E-state index contributed by atoms with van der Waals surface area (Å²) < 4.78 is 5.55. The van der Waals surface area contributed by atoms with Crippen LogP contribution in [-0.2, 0) is 20.7 Å². The van der Waals surface area contributed by atoms with Crippen molar-refractivity contribution in [2.45, 2.75) is 112 Å². The standard InChI is InChI=1S/C38H65N5O6/c1-10-11-17-39-36(47)32(27(4)5)24-34(45)33(41-37(48)49-38(7,8)9)23-30(26(2)3)25-40-35(46)31-15-13-12-14-29(31)16-18-42-19-21-43(22-20-42)28(6)44/h12-15,26-27,30,32-34,45H,10-11,16-25H2,1-9H3,(H,39,47)(H,40,46)(H,41,48)/t30-,32+,33+,34+/m1/s1. The second kappa shape index (κ2) is 20.5. The molecule has 0 radical (unpaired) electrons. The quantitative estimate of drug-likeness (QED) is 0.165. The van der Waals surface area contributed by atoms with Crippen LogP contribution in [0.1, 0.15) is 104 Å². The number of benzene rings is 1. The van der Waals surface area contributed by atoms with Crippen LogP contribution >= 0.6 is 0 Å². The maximum Gasteiger partial charge on any atom is 0.407 e. The molecule has 4 amide bonds. The van der Waals surface area contributed by atoms with Crippen LogP contribution in [0.15, 0.2) is 24.3 Å². The molecule has 0 aromatic heterocycles. The molecule has 0 bridgehead atoms. The van der Waals surface area contributed by atoms with Crippen LogP contribution in [0.25, 0.3) is 0 Å². The van der Waals surface area contributed by atoms with Crippen LogP contribution in [0.2, 0.25) is 0 Å². The van der Waals surface area contributed by atoms with E-state index in [2.05, 4.69) is 41.6 Å². The number of ether oxygens (including phenoxy) is 1. The molecule has 1 aliphatic heterocycles. The van der Waals surface area contributed by atoms with E-state index in [1.165, 1.54) is 0 Å². The van der Waals surface area contributed by atoms with Gasteiger partial charge in [0, 0.05) is 64.2 Å². The van der Waals surface area contributed by atoms with E-state index in [1.807, 2.05) is 43.0 Å². The summed E-state index contributed by atoms with van der Waals surface area (Å²) in [5.41, 5.74) is 0.873. The monoisotopic (exact) mass is 687 g/mol. The Morgan fingerprint density at radius 1 is 0.939 bits per heavy atom. The van der Waals surface area contributed by atoms with Crippen molar-refractivity contribution in [1.82, 2.24) is 25.8 Å². The summed E-state index contributed by atoms with van der Waals surface area (Å²) in [5.74, 6) is -0.554. The SMILES string of the molecule is CCCCNC(=O)[C@@H](C[C@H](O)[C@H](C[C@H](CNC(=O)c1ccccc1CCN1CCN(C(C)=O)CC1)C(C)C)NC(=O)OC(C)(C)C)C(C)C. The lowest BCUT2D eigenvalue weighted by Gasteiger charge is -2.34. The zero-order valence-electron chi connectivity index (χ0n) is 31.6. The molecule has 0 spiro atoms. The van der Waals surface area contributed by atoms with Gasteiger partial charge in [0.1, 0.15) is 5.60 Å². The van der Waals surface area contributed by atoms with Gasteiger partial charge in [-0.1, -0.05) is 59.2 Å². The van der Waals surface area contributed by atoms with Gasteiger partial charge < -0.3 is 30.7 Å². The zero-order chi connectivity index (χ0) is 36.7. The fourth-order valence-electron chi connectivity index (χ4n) is 6.16. The number of alkyl carbamates (subject to hydrolysis) is 1. The number of piperazine rings is 1. The second-order valence-electron chi connectivity index (χ2n) is 15.3. The van der Waals surface area contributed by atoms with Crippen LogP contribution in [-0.4, -0.2) is 102 Å². The van der Waals surface area contributed by atoms with Crippen molar-refractivity contribution in [3.05, 3.63) is 35.4 Å². The number of nitrogens with one attached hydrogen (secondary N) is 3. The van der Waals surface area contributed by atoms with Gasteiger partial charge >= 0.3 is 6.09 Å². The molecule has 0 unspecified atom stereocenters. The molecule has 1 saturated heterocycles. The van der Waals surface area contributed by atoms with Crippen molar-refractivity contribution in [2.24, 2.45) is 23.7 Å². The first kappa shape index (κ1) is 42.0. The maximum atomic E-state index is 13.6. The minimum atomic E-state index is -1.01. The first-order chi connectivity index (χ1) is 23.0. The Balaban J connectivity index is 2.14. The van der Waals surface area contributed by atoms with Gasteiger partial charge in [0.15, 0.2) is 0 Å². The molecule has 0 aliphatic carbocycles. The van der Waals surface area contributed by atoms with Crippen molar-refractivity contribution in [1.29, 1.82) is 0 Å². The van der Waals surface area contributed by atoms with Crippen molar-refractivity contribution in [3.63, 3.8) is 0 Å². The number of aliphatic hydroxyl groups excluding tert-OH is 1. The highest BCUT2D eigenvalue weighted by atomic mass is 16.6. The van der Waals surface area contributed by atoms with Crippen LogP contribution < -0.4 is 16.0 Å².